The molecule has 1 fully saturated rings. The number of benzene rings is 1. The highest BCUT2D eigenvalue weighted by molar-refractivity contribution is 5.81. The average molecular weight is 258 g/mol. The fourth-order valence-corrected chi connectivity index (χ4v) is 2.15. The van der Waals surface area contributed by atoms with E-state index in [-0.39, 0.29) is 5.91 Å². The molecule has 100 valence electrons. The molecule has 19 heavy (non-hydrogen) atoms. The van der Waals surface area contributed by atoms with Gasteiger partial charge in [0, 0.05) is 13.1 Å². The van der Waals surface area contributed by atoms with Gasteiger partial charge < -0.3 is 9.64 Å². The molecular formula is C15H18N2O2. The Morgan fingerprint density at radius 2 is 2.00 bits per heavy atom. The Morgan fingerprint density at radius 1 is 1.37 bits per heavy atom. The van der Waals surface area contributed by atoms with Crippen molar-refractivity contribution in [1.82, 2.24) is 4.90 Å². The third-order valence-corrected chi connectivity index (χ3v) is 3.34. The average Bonchev–Trinajstić information content (AvgIpc) is 2.47. The van der Waals surface area contributed by atoms with Gasteiger partial charge in [0.2, 0.25) is 5.91 Å². The van der Waals surface area contributed by atoms with E-state index >= 15 is 0 Å². The van der Waals surface area contributed by atoms with Gasteiger partial charge in [-0.05, 0) is 18.9 Å². The molecule has 0 radical (unpaired) electrons. The van der Waals surface area contributed by atoms with Gasteiger partial charge in [-0.2, -0.15) is 5.26 Å². The summed E-state index contributed by atoms with van der Waals surface area (Å²) in [5.41, 5.74) is 2.20. The molecule has 4 heteroatoms. The molecule has 0 spiro atoms. The van der Waals surface area contributed by atoms with E-state index in [1.807, 2.05) is 31.2 Å². The molecule has 1 unspecified atom stereocenters. The maximum Gasteiger partial charge on any atom is 0.240 e. The number of amides is 1. The van der Waals surface area contributed by atoms with Crippen molar-refractivity contribution in [3.8, 4) is 6.07 Å². The van der Waals surface area contributed by atoms with Crippen molar-refractivity contribution < 1.29 is 9.53 Å². The third-order valence-electron chi connectivity index (χ3n) is 3.34. The minimum atomic E-state index is -0.596. The van der Waals surface area contributed by atoms with Crippen LogP contribution in [0.3, 0.4) is 0 Å². The van der Waals surface area contributed by atoms with E-state index in [4.69, 9.17) is 4.74 Å². The molecule has 2 rings (SSSR count). The molecule has 1 aliphatic heterocycles. The van der Waals surface area contributed by atoms with Crippen LogP contribution in [0.5, 0.6) is 0 Å². The first-order valence-electron chi connectivity index (χ1n) is 6.52. The van der Waals surface area contributed by atoms with Gasteiger partial charge >= 0.3 is 0 Å². The van der Waals surface area contributed by atoms with E-state index < -0.39 is 5.92 Å². The molecule has 1 aromatic rings. The van der Waals surface area contributed by atoms with Gasteiger partial charge in [0.1, 0.15) is 5.92 Å². The number of morpholine rings is 1. The Hall–Kier alpha value is -1.86. The van der Waals surface area contributed by atoms with Crippen LogP contribution < -0.4 is 0 Å². The predicted molar refractivity (Wildman–Crippen MR) is 71.4 cm³/mol. The Morgan fingerprint density at radius 3 is 2.58 bits per heavy atom. The van der Waals surface area contributed by atoms with E-state index in [0.717, 1.165) is 5.56 Å². The molecule has 0 aliphatic carbocycles. The van der Waals surface area contributed by atoms with Crippen molar-refractivity contribution in [3.05, 3.63) is 35.4 Å². The summed E-state index contributed by atoms with van der Waals surface area (Å²) in [5, 5.41) is 9.21. The van der Waals surface area contributed by atoms with E-state index in [0.29, 0.717) is 32.7 Å². The van der Waals surface area contributed by atoms with Crippen molar-refractivity contribution in [1.29, 1.82) is 5.26 Å². The highest BCUT2D eigenvalue weighted by atomic mass is 16.5. The molecule has 1 aliphatic rings. The zero-order valence-electron chi connectivity index (χ0n) is 11.1. The van der Waals surface area contributed by atoms with Crippen molar-refractivity contribution in [2.45, 2.75) is 13.3 Å². The highest BCUT2D eigenvalue weighted by Gasteiger charge is 2.25. The molecule has 1 aromatic carbocycles. The first kappa shape index (κ1) is 13.6. The molecule has 4 nitrogen and oxygen atoms in total. The molecular weight excluding hydrogens is 240 g/mol. The lowest BCUT2D eigenvalue weighted by Gasteiger charge is -2.28. The van der Waals surface area contributed by atoms with Crippen LogP contribution in [-0.2, 0) is 16.0 Å². The minimum absolute atomic E-state index is 0.0774. The topological polar surface area (TPSA) is 53.3 Å². The Balaban J connectivity index is 2.01. The molecule has 0 aromatic heterocycles. The number of nitriles is 1. The summed E-state index contributed by atoms with van der Waals surface area (Å²) >= 11 is 0. The molecule has 1 heterocycles. The van der Waals surface area contributed by atoms with Crippen LogP contribution in [0.25, 0.3) is 0 Å². The smallest absolute Gasteiger partial charge is 0.240 e. The van der Waals surface area contributed by atoms with E-state index in [1.165, 1.54) is 5.56 Å². The molecule has 1 amide bonds. The molecule has 0 N–H and O–H groups in total. The van der Waals surface area contributed by atoms with Crippen LogP contribution in [0.2, 0.25) is 0 Å². The molecule has 1 saturated heterocycles. The van der Waals surface area contributed by atoms with Gasteiger partial charge in [0.15, 0.2) is 0 Å². The summed E-state index contributed by atoms with van der Waals surface area (Å²) in [4.78, 5) is 14.0. The first-order chi connectivity index (χ1) is 9.20. The Bertz CT molecular complexity index is 470. The fraction of sp³-hybridized carbons (Fsp3) is 0.467. The summed E-state index contributed by atoms with van der Waals surface area (Å²) in [5.74, 6) is -0.674. The lowest BCUT2D eigenvalue weighted by molar-refractivity contribution is -0.137. The lowest BCUT2D eigenvalue weighted by atomic mass is 9.98. The lowest BCUT2D eigenvalue weighted by Crippen LogP contribution is -2.43. The second-order valence-electron chi connectivity index (χ2n) is 4.81. The van der Waals surface area contributed by atoms with Gasteiger partial charge in [0.05, 0.1) is 19.3 Å². The number of aryl methyl sites for hydroxylation is 1. The second-order valence-corrected chi connectivity index (χ2v) is 4.81. The largest absolute Gasteiger partial charge is 0.378 e. The van der Waals surface area contributed by atoms with Crippen LogP contribution in [0, 0.1) is 24.2 Å². The quantitative estimate of drug-likeness (QED) is 0.826. The van der Waals surface area contributed by atoms with Gasteiger partial charge in [-0.3, -0.25) is 4.79 Å². The van der Waals surface area contributed by atoms with Crippen LogP contribution in [0.15, 0.2) is 24.3 Å². The number of nitrogens with zero attached hydrogens (tertiary/aromatic N) is 2. The molecule has 0 bridgehead atoms. The first-order valence-corrected chi connectivity index (χ1v) is 6.52. The second kappa shape index (κ2) is 6.35. The van der Waals surface area contributed by atoms with Gasteiger partial charge in [-0.1, -0.05) is 29.8 Å². The van der Waals surface area contributed by atoms with Gasteiger partial charge in [-0.25, -0.2) is 0 Å². The minimum Gasteiger partial charge on any atom is -0.378 e. The predicted octanol–water partition coefficient (Wildman–Crippen LogP) is 1.54. The summed E-state index contributed by atoms with van der Waals surface area (Å²) in [6, 6.07) is 10.1. The Labute approximate surface area is 113 Å². The SMILES string of the molecule is Cc1ccc(CC(C#N)C(=O)N2CCOCC2)cc1. The van der Waals surface area contributed by atoms with E-state index in [9.17, 15) is 10.1 Å². The van der Waals surface area contributed by atoms with Crippen molar-refractivity contribution >= 4 is 5.91 Å². The van der Waals surface area contributed by atoms with Gasteiger partial charge in [0.25, 0.3) is 0 Å². The highest BCUT2D eigenvalue weighted by Crippen LogP contribution is 2.13. The number of carbonyl (C=O) groups is 1. The zero-order chi connectivity index (χ0) is 13.7. The molecule has 1 atom stereocenters. The van der Waals surface area contributed by atoms with Gasteiger partial charge in [-0.15, -0.1) is 0 Å². The van der Waals surface area contributed by atoms with Crippen LogP contribution in [0.1, 0.15) is 11.1 Å². The third kappa shape index (κ3) is 3.55. The van der Waals surface area contributed by atoms with Crippen molar-refractivity contribution in [2.75, 3.05) is 26.3 Å². The summed E-state index contributed by atoms with van der Waals surface area (Å²) in [6.45, 7) is 4.32. The number of rotatable bonds is 3. The zero-order valence-corrected chi connectivity index (χ0v) is 11.1. The maximum atomic E-state index is 12.2. The molecule has 0 saturated carbocycles. The van der Waals surface area contributed by atoms with Crippen LogP contribution >= 0.6 is 0 Å². The summed E-state index contributed by atoms with van der Waals surface area (Å²) in [6.07, 6.45) is 0.479. The maximum absolute atomic E-state index is 12.2. The monoisotopic (exact) mass is 258 g/mol. The number of ether oxygens (including phenoxy) is 1. The summed E-state index contributed by atoms with van der Waals surface area (Å²) in [7, 11) is 0. The standard InChI is InChI=1S/C15H18N2O2/c1-12-2-4-13(5-3-12)10-14(11-16)15(18)17-6-8-19-9-7-17/h2-5,14H,6-10H2,1H3. The summed E-state index contributed by atoms with van der Waals surface area (Å²) < 4.78 is 5.22. The van der Waals surface area contributed by atoms with E-state index in [2.05, 4.69) is 6.07 Å². The Kier molecular flexibility index (Phi) is 4.53. The van der Waals surface area contributed by atoms with Crippen LogP contribution in [0.4, 0.5) is 0 Å². The van der Waals surface area contributed by atoms with Crippen molar-refractivity contribution in [2.24, 2.45) is 5.92 Å². The normalized spacial score (nSPS) is 16.7. The van der Waals surface area contributed by atoms with Crippen LogP contribution in [-0.4, -0.2) is 37.1 Å². The number of hydrogen-bond donors (Lipinski definition) is 0. The number of hydrogen-bond acceptors (Lipinski definition) is 3. The fourth-order valence-electron chi connectivity index (χ4n) is 2.15. The van der Waals surface area contributed by atoms with E-state index in [1.54, 1.807) is 4.90 Å². The van der Waals surface area contributed by atoms with Crippen molar-refractivity contribution in [3.63, 3.8) is 0 Å². The number of carbonyl (C=O) groups excluding carboxylic acids is 1.